The van der Waals surface area contributed by atoms with Crippen molar-refractivity contribution >= 4 is 29.1 Å². The van der Waals surface area contributed by atoms with Crippen molar-refractivity contribution in [3.63, 3.8) is 0 Å². The van der Waals surface area contributed by atoms with E-state index in [-0.39, 0.29) is 23.7 Å². The van der Waals surface area contributed by atoms with E-state index in [0.29, 0.717) is 5.02 Å². The number of carbonyl (C=O) groups excluding carboxylic acids is 1. The Hall–Kier alpha value is -0.910. The van der Waals surface area contributed by atoms with Gasteiger partial charge < -0.3 is 9.64 Å². The van der Waals surface area contributed by atoms with Crippen LogP contribution in [0.2, 0.25) is 10.0 Å². The molecule has 0 unspecified atom stereocenters. The third-order valence-electron chi connectivity index (χ3n) is 2.50. The normalized spacial score (nSPS) is 18.8. The molecule has 1 saturated heterocycles. The quantitative estimate of drug-likeness (QED) is 0.797. The van der Waals surface area contributed by atoms with E-state index >= 15 is 0 Å². The summed E-state index contributed by atoms with van der Waals surface area (Å²) in [5.41, 5.74) is 0.152. The van der Waals surface area contributed by atoms with Crippen LogP contribution in [0.5, 0.6) is 0 Å². The van der Waals surface area contributed by atoms with Gasteiger partial charge in [0.1, 0.15) is 6.54 Å². The number of morpholine rings is 1. The molecule has 18 heavy (non-hydrogen) atoms. The Morgan fingerprint density at radius 3 is 2.72 bits per heavy atom. The van der Waals surface area contributed by atoms with E-state index < -0.39 is 18.6 Å². The van der Waals surface area contributed by atoms with E-state index in [1.807, 2.05) is 0 Å². The molecular formula is C11H9Cl2F2NO2. The Balaban J connectivity index is 2.20. The maximum atomic E-state index is 13.0. The monoisotopic (exact) mass is 295 g/mol. The minimum atomic E-state index is -3.31. The number of nitrogens with zero attached hydrogens (tertiary/aromatic N) is 1. The first-order valence-electron chi connectivity index (χ1n) is 5.15. The Kier molecular flexibility index (Phi) is 3.75. The van der Waals surface area contributed by atoms with Gasteiger partial charge in [-0.1, -0.05) is 23.2 Å². The summed E-state index contributed by atoms with van der Waals surface area (Å²) >= 11 is 11.6. The number of amides is 1. The molecule has 0 bridgehead atoms. The summed E-state index contributed by atoms with van der Waals surface area (Å²) in [7, 11) is 0. The molecule has 0 aliphatic carbocycles. The second kappa shape index (κ2) is 4.99. The van der Waals surface area contributed by atoms with Crippen LogP contribution in [0.3, 0.4) is 0 Å². The zero-order valence-electron chi connectivity index (χ0n) is 9.13. The van der Waals surface area contributed by atoms with Crippen LogP contribution in [-0.4, -0.2) is 36.6 Å². The van der Waals surface area contributed by atoms with Crippen LogP contribution < -0.4 is 0 Å². The molecule has 1 aromatic carbocycles. The number of alkyl halides is 2. The topological polar surface area (TPSA) is 29.5 Å². The first-order valence-corrected chi connectivity index (χ1v) is 5.91. The smallest absolute Gasteiger partial charge is 0.327 e. The van der Waals surface area contributed by atoms with E-state index in [0.717, 1.165) is 4.90 Å². The van der Waals surface area contributed by atoms with E-state index in [1.165, 1.54) is 18.2 Å². The maximum Gasteiger partial charge on any atom is 0.373 e. The predicted octanol–water partition coefficient (Wildman–Crippen LogP) is 3.06. The highest BCUT2D eigenvalue weighted by Gasteiger charge is 2.39. The molecule has 0 spiro atoms. The van der Waals surface area contributed by atoms with E-state index in [9.17, 15) is 13.6 Å². The number of ether oxygens (including phenoxy) is 1. The Morgan fingerprint density at radius 2 is 2.11 bits per heavy atom. The van der Waals surface area contributed by atoms with Gasteiger partial charge in [-0.25, -0.2) is 0 Å². The van der Waals surface area contributed by atoms with Crippen LogP contribution in [0.15, 0.2) is 18.2 Å². The van der Waals surface area contributed by atoms with Gasteiger partial charge in [-0.2, -0.15) is 8.78 Å². The molecule has 1 amide bonds. The van der Waals surface area contributed by atoms with Crippen molar-refractivity contribution in [2.24, 2.45) is 0 Å². The molecule has 7 heteroatoms. The van der Waals surface area contributed by atoms with Gasteiger partial charge in [0.25, 0.3) is 5.91 Å². The van der Waals surface area contributed by atoms with Crippen molar-refractivity contribution in [1.29, 1.82) is 0 Å². The standard InChI is InChI=1S/C11H9Cl2F2NO2/c12-7-1-2-8(9(13)5-7)10(17)16-3-4-18-11(14,15)6-16/h1-2,5H,3-4,6H2. The molecule has 3 nitrogen and oxygen atoms in total. The number of hydrogen-bond acceptors (Lipinski definition) is 2. The van der Waals surface area contributed by atoms with Gasteiger partial charge >= 0.3 is 6.11 Å². The summed E-state index contributed by atoms with van der Waals surface area (Å²) in [6.07, 6.45) is -3.31. The fraction of sp³-hybridized carbons (Fsp3) is 0.364. The summed E-state index contributed by atoms with van der Waals surface area (Å²) in [6, 6.07) is 4.30. The van der Waals surface area contributed by atoms with Crippen LogP contribution in [0.1, 0.15) is 10.4 Å². The molecule has 2 rings (SSSR count). The SMILES string of the molecule is O=C(c1ccc(Cl)cc1Cl)N1CCOC(F)(F)C1. The molecule has 0 N–H and O–H groups in total. The van der Waals surface area contributed by atoms with Crippen molar-refractivity contribution in [1.82, 2.24) is 4.90 Å². The minimum absolute atomic E-state index is 0.105. The number of halogens is 4. The molecule has 0 atom stereocenters. The summed E-state index contributed by atoms with van der Waals surface area (Å²) in [5.74, 6) is -0.556. The number of rotatable bonds is 1. The zero-order valence-corrected chi connectivity index (χ0v) is 10.6. The number of hydrogen-bond donors (Lipinski definition) is 0. The van der Waals surface area contributed by atoms with Crippen molar-refractivity contribution in [3.05, 3.63) is 33.8 Å². The summed E-state index contributed by atoms with van der Waals surface area (Å²) in [6.45, 7) is -0.873. The Labute approximate surface area is 112 Å². The van der Waals surface area contributed by atoms with Crippen LogP contribution in [0.25, 0.3) is 0 Å². The average Bonchev–Trinajstić information content (AvgIpc) is 2.27. The third-order valence-corrected chi connectivity index (χ3v) is 3.05. The first-order chi connectivity index (χ1) is 8.39. The Bertz CT molecular complexity index is 482. The minimum Gasteiger partial charge on any atom is -0.327 e. The largest absolute Gasteiger partial charge is 0.373 e. The molecule has 1 aliphatic heterocycles. The number of carbonyl (C=O) groups is 1. The summed E-state index contributed by atoms with van der Waals surface area (Å²) in [5, 5.41) is 0.520. The summed E-state index contributed by atoms with van der Waals surface area (Å²) < 4.78 is 30.3. The highest BCUT2D eigenvalue weighted by molar-refractivity contribution is 6.36. The summed E-state index contributed by atoms with van der Waals surface area (Å²) in [4.78, 5) is 13.0. The molecular weight excluding hydrogens is 287 g/mol. The lowest BCUT2D eigenvalue weighted by molar-refractivity contribution is -0.263. The molecule has 1 heterocycles. The fourth-order valence-corrected chi connectivity index (χ4v) is 2.15. The van der Waals surface area contributed by atoms with Gasteiger partial charge in [-0.05, 0) is 18.2 Å². The van der Waals surface area contributed by atoms with Crippen molar-refractivity contribution in [3.8, 4) is 0 Å². The molecule has 0 saturated carbocycles. The molecule has 0 aromatic heterocycles. The number of benzene rings is 1. The first kappa shape index (κ1) is 13.5. The maximum absolute atomic E-state index is 13.0. The van der Waals surface area contributed by atoms with Crippen LogP contribution >= 0.6 is 23.2 Å². The zero-order chi connectivity index (χ0) is 13.3. The van der Waals surface area contributed by atoms with Gasteiger partial charge in [-0.3, -0.25) is 4.79 Å². The third kappa shape index (κ3) is 2.91. The van der Waals surface area contributed by atoms with E-state index in [2.05, 4.69) is 4.74 Å². The van der Waals surface area contributed by atoms with E-state index in [1.54, 1.807) is 0 Å². The van der Waals surface area contributed by atoms with Crippen LogP contribution in [0.4, 0.5) is 8.78 Å². The second-order valence-corrected chi connectivity index (χ2v) is 4.68. The lowest BCUT2D eigenvalue weighted by Gasteiger charge is -2.32. The Morgan fingerprint density at radius 1 is 1.39 bits per heavy atom. The van der Waals surface area contributed by atoms with Crippen molar-refractivity contribution in [2.75, 3.05) is 19.7 Å². The molecule has 1 aromatic rings. The van der Waals surface area contributed by atoms with E-state index in [4.69, 9.17) is 23.2 Å². The lowest BCUT2D eigenvalue weighted by Crippen LogP contribution is -2.49. The predicted molar refractivity (Wildman–Crippen MR) is 63.3 cm³/mol. The van der Waals surface area contributed by atoms with Gasteiger partial charge in [0.05, 0.1) is 17.2 Å². The highest BCUT2D eigenvalue weighted by atomic mass is 35.5. The highest BCUT2D eigenvalue weighted by Crippen LogP contribution is 2.26. The van der Waals surface area contributed by atoms with Gasteiger partial charge in [0.15, 0.2) is 0 Å². The van der Waals surface area contributed by atoms with Crippen LogP contribution in [0, 0.1) is 0 Å². The van der Waals surface area contributed by atoms with Gasteiger partial charge in [-0.15, -0.1) is 0 Å². The van der Waals surface area contributed by atoms with Crippen LogP contribution in [-0.2, 0) is 4.74 Å². The fourth-order valence-electron chi connectivity index (χ4n) is 1.66. The molecule has 0 radical (unpaired) electrons. The van der Waals surface area contributed by atoms with Crippen molar-refractivity contribution < 1.29 is 18.3 Å². The second-order valence-electron chi connectivity index (χ2n) is 3.84. The molecule has 1 aliphatic rings. The lowest BCUT2D eigenvalue weighted by atomic mass is 10.2. The van der Waals surface area contributed by atoms with Gasteiger partial charge in [0.2, 0.25) is 0 Å². The molecule has 98 valence electrons. The molecule has 1 fully saturated rings. The van der Waals surface area contributed by atoms with Gasteiger partial charge in [0, 0.05) is 11.6 Å². The van der Waals surface area contributed by atoms with Crippen molar-refractivity contribution in [2.45, 2.75) is 6.11 Å². The average molecular weight is 296 g/mol.